The van der Waals surface area contributed by atoms with Gasteiger partial charge in [-0.05, 0) is 38.3 Å². The molecule has 0 atom stereocenters. The number of esters is 1. The summed E-state index contributed by atoms with van der Waals surface area (Å²) >= 11 is 0. The van der Waals surface area contributed by atoms with Crippen LogP contribution in [0.25, 0.3) is 5.65 Å². The third-order valence-electron chi connectivity index (χ3n) is 4.30. The number of hydrogen-bond donors (Lipinski definition) is 1. The molecule has 1 fully saturated rings. The van der Waals surface area contributed by atoms with E-state index in [-0.39, 0.29) is 18.9 Å². The molecule has 1 saturated heterocycles. The van der Waals surface area contributed by atoms with Gasteiger partial charge in [0, 0.05) is 25.9 Å². The van der Waals surface area contributed by atoms with Gasteiger partial charge in [-0.3, -0.25) is 9.59 Å². The van der Waals surface area contributed by atoms with Gasteiger partial charge in [-0.1, -0.05) is 0 Å². The van der Waals surface area contributed by atoms with Crippen molar-refractivity contribution >= 4 is 23.3 Å². The largest absolute Gasteiger partial charge is 0.465 e. The number of ether oxygens (including phenoxy) is 1. The first-order valence-electron chi connectivity index (χ1n) is 9.06. The molecule has 1 N–H and O–H groups in total. The van der Waals surface area contributed by atoms with E-state index < -0.39 is 5.97 Å². The van der Waals surface area contributed by atoms with Gasteiger partial charge in [-0.25, -0.2) is 0 Å². The molecule has 2 aromatic heterocycles. The van der Waals surface area contributed by atoms with Gasteiger partial charge < -0.3 is 15.0 Å². The highest BCUT2D eigenvalue weighted by molar-refractivity contribution is 5.81. The fourth-order valence-electron chi connectivity index (χ4n) is 2.97. The summed E-state index contributed by atoms with van der Waals surface area (Å²) in [4.78, 5) is 25.4. The van der Waals surface area contributed by atoms with Gasteiger partial charge in [0.2, 0.25) is 5.91 Å². The molecule has 1 aliphatic heterocycles. The number of rotatable bonds is 7. The van der Waals surface area contributed by atoms with Gasteiger partial charge in [0.15, 0.2) is 11.5 Å². The van der Waals surface area contributed by atoms with Crippen LogP contribution in [0.15, 0.2) is 12.1 Å². The first-order valence-corrected chi connectivity index (χ1v) is 9.06. The Balaban J connectivity index is 1.60. The van der Waals surface area contributed by atoms with Crippen molar-refractivity contribution in [3.05, 3.63) is 18.0 Å². The van der Waals surface area contributed by atoms with Crippen LogP contribution in [0.2, 0.25) is 0 Å². The number of nitrogens with one attached hydrogen (secondary N) is 1. The first-order chi connectivity index (χ1) is 12.7. The highest BCUT2D eigenvalue weighted by Crippen LogP contribution is 2.18. The second-order valence-electron chi connectivity index (χ2n) is 6.21. The van der Waals surface area contributed by atoms with Crippen molar-refractivity contribution < 1.29 is 14.3 Å². The number of anilines is 1. The maximum Gasteiger partial charge on any atom is 0.325 e. The molecule has 1 amide bonds. The molecule has 9 heteroatoms. The lowest BCUT2D eigenvalue weighted by atomic mass is 10.1. The standard InChI is InChI=1S/C17H24N6O3/c1-2-26-17(25)12-18-16(24)9-8-14-20-19-13-6-7-15(21-23(13)14)22-10-4-3-5-11-22/h6-7H,2-5,8-12H2,1H3,(H,18,24). The average Bonchev–Trinajstić information content (AvgIpc) is 3.08. The molecule has 140 valence electrons. The average molecular weight is 360 g/mol. The molecule has 0 radical (unpaired) electrons. The van der Waals surface area contributed by atoms with Crippen LogP contribution in [-0.2, 0) is 20.7 Å². The van der Waals surface area contributed by atoms with E-state index in [1.165, 1.54) is 19.3 Å². The Labute approximate surface area is 151 Å². The Kier molecular flexibility index (Phi) is 5.98. The second-order valence-corrected chi connectivity index (χ2v) is 6.21. The lowest BCUT2D eigenvalue weighted by molar-refractivity contribution is -0.143. The van der Waals surface area contributed by atoms with Crippen molar-refractivity contribution in [1.29, 1.82) is 0 Å². The zero-order valence-electron chi connectivity index (χ0n) is 15.0. The number of aromatic nitrogens is 4. The summed E-state index contributed by atoms with van der Waals surface area (Å²) in [6.45, 7) is 3.91. The molecule has 0 aliphatic carbocycles. The summed E-state index contributed by atoms with van der Waals surface area (Å²) in [6.07, 6.45) is 4.21. The van der Waals surface area contributed by atoms with E-state index in [9.17, 15) is 9.59 Å². The minimum absolute atomic E-state index is 0.120. The van der Waals surface area contributed by atoms with Crippen molar-refractivity contribution in [2.24, 2.45) is 0 Å². The van der Waals surface area contributed by atoms with Crippen LogP contribution in [-0.4, -0.2) is 57.9 Å². The fourth-order valence-corrected chi connectivity index (χ4v) is 2.97. The van der Waals surface area contributed by atoms with Crippen molar-refractivity contribution in [2.45, 2.75) is 39.0 Å². The summed E-state index contributed by atoms with van der Waals surface area (Å²) in [5, 5.41) is 15.4. The Morgan fingerprint density at radius 2 is 2.00 bits per heavy atom. The van der Waals surface area contributed by atoms with E-state index in [0.29, 0.717) is 24.5 Å². The second kappa shape index (κ2) is 8.59. The van der Waals surface area contributed by atoms with Gasteiger partial charge in [-0.15, -0.1) is 15.3 Å². The predicted molar refractivity (Wildman–Crippen MR) is 94.8 cm³/mol. The van der Waals surface area contributed by atoms with Crippen LogP contribution in [0.1, 0.15) is 38.4 Å². The monoisotopic (exact) mass is 360 g/mol. The van der Waals surface area contributed by atoms with Crippen LogP contribution in [0.4, 0.5) is 5.82 Å². The number of carbonyl (C=O) groups is 2. The van der Waals surface area contributed by atoms with E-state index in [1.807, 2.05) is 12.1 Å². The van der Waals surface area contributed by atoms with Crippen LogP contribution < -0.4 is 10.2 Å². The van der Waals surface area contributed by atoms with Gasteiger partial charge in [0.1, 0.15) is 12.4 Å². The Hall–Kier alpha value is -2.71. The zero-order chi connectivity index (χ0) is 18.4. The van der Waals surface area contributed by atoms with Gasteiger partial charge in [0.05, 0.1) is 6.61 Å². The highest BCUT2D eigenvalue weighted by atomic mass is 16.5. The smallest absolute Gasteiger partial charge is 0.325 e. The quantitative estimate of drug-likeness (QED) is 0.726. The normalized spacial score (nSPS) is 14.4. The van der Waals surface area contributed by atoms with Crippen molar-refractivity contribution in [3.63, 3.8) is 0 Å². The number of aryl methyl sites for hydroxylation is 1. The highest BCUT2D eigenvalue weighted by Gasteiger charge is 2.15. The third kappa shape index (κ3) is 4.47. The van der Waals surface area contributed by atoms with Crippen LogP contribution in [0.5, 0.6) is 0 Å². The number of nitrogens with zero attached hydrogens (tertiary/aromatic N) is 5. The van der Waals surface area contributed by atoms with E-state index >= 15 is 0 Å². The molecular formula is C17H24N6O3. The van der Waals surface area contributed by atoms with Crippen molar-refractivity contribution in [1.82, 2.24) is 25.1 Å². The van der Waals surface area contributed by atoms with Crippen LogP contribution in [0, 0.1) is 0 Å². The van der Waals surface area contributed by atoms with Crippen molar-refractivity contribution in [3.8, 4) is 0 Å². The predicted octanol–water partition coefficient (Wildman–Crippen LogP) is 0.726. The number of hydrogen-bond acceptors (Lipinski definition) is 7. The molecule has 9 nitrogen and oxygen atoms in total. The molecule has 0 bridgehead atoms. The molecule has 1 aliphatic rings. The van der Waals surface area contributed by atoms with Crippen molar-refractivity contribution in [2.75, 3.05) is 31.1 Å². The van der Waals surface area contributed by atoms with E-state index in [0.717, 1.165) is 18.9 Å². The van der Waals surface area contributed by atoms with Crippen LogP contribution in [0.3, 0.4) is 0 Å². The number of piperidine rings is 1. The molecule has 3 rings (SSSR count). The van der Waals surface area contributed by atoms with Crippen LogP contribution >= 0.6 is 0 Å². The van der Waals surface area contributed by atoms with Gasteiger partial charge >= 0.3 is 5.97 Å². The minimum Gasteiger partial charge on any atom is -0.465 e. The minimum atomic E-state index is -0.443. The Bertz CT molecular complexity index is 769. The van der Waals surface area contributed by atoms with Gasteiger partial charge in [-0.2, -0.15) is 4.52 Å². The SMILES string of the molecule is CCOC(=O)CNC(=O)CCc1nnc2ccc(N3CCCCC3)nn12. The number of amides is 1. The molecule has 0 unspecified atom stereocenters. The van der Waals surface area contributed by atoms with E-state index in [1.54, 1.807) is 11.4 Å². The maximum atomic E-state index is 11.9. The summed E-state index contributed by atoms with van der Waals surface area (Å²) in [5.41, 5.74) is 0.660. The topological polar surface area (TPSA) is 102 Å². The Morgan fingerprint density at radius 3 is 2.77 bits per heavy atom. The first kappa shape index (κ1) is 18.1. The molecule has 0 aromatic carbocycles. The Morgan fingerprint density at radius 1 is 1.19 bits per heavy atom. The molecule has 0 saturated carbocycles. The lowest BCUT2D eigenvalue weighted by Gasteiger charge is -2.27. The number of fused-ring (bicyclic) bond motifs is 1. The third-order valence-corrected chi connectivity index (χ3v) is 4.30. The summed E-state index contributed by atoms with van der Waals surface area (Å²) in [5.74, 6) is 0.860. The lowest BCUT2D eigenvalue weighted by Crippen LogP contribution is -2.31. The molecule has 3 heterocycles. The van der Waals surface area contributed by atoms with E-state index in [4.69, 9.17) is 4.74 Å². The summed E-state index contributed by atoms with van der Waals surface area (Å²) in [6, 6.07) is 3.86. The fraction of sp³-hybridized carbons (Fsp3) is 0.588. The maximum absolute atomic E-state index is 11.9. The molecular weight excluding hydrogens is 336 g/mol. The van der Waals surface area contributed by atoms with Gasteiger partial charge in [0.25, 0.3) is 0 Å². The summed E-state index contributed by atoms with van der Waals surface area (Å²) < 4.78 is 6.47. The zero-order valence-corrected chi connectivity index (χ0v) is 15.0. The molecule has 26 heavy (non-hydrogen) atoms. The molecule has 2 aromatic rings. The number of carbonyl (C=O) groups excluding carboxylic acids is 2. The summed E-state index contributed by atoms with van der Waals surface area (Å²) in [7, 11) is 0. The van der Waals surface area contributed by atoms with E-state index in [2.05, 4.69) is 25.5 Å². The molecule has 0 spiro atoms.